The number of hydrogen-bond acceptors (Lipinski definition) is 6. The summed E-state index contributed by atoms with van der Waals surface area (Å²) in [6, 6.07) is 16.5. The van der Waals surface area contributed by atoms with Crippen LogP contribution in [-0.4, -0.2) is 36.5 Å². The van der Waals surface area contributed by atoms with Crippen LogP contribution in [-0.2, 0) is 22.7 Å². The van der Waals surface area contributed by atoms with Gasteiger partial charge < -0.3 is 14.2 Å². The topological polar surface area (TPSA) is 94.2 Å². The third-order valence-electron chi connectivity index (χ3n) is 5.82. The van der Waals surface area contributed by atoms with Crippen molar-refractivity contribution in [1.82, 2.24) is 10.2 Å². The largest absolute Gasteiger partial charge is 0.493 e. The number of urea groups is 1. The van der Waals surface area contributed by atoms with Crippen LogP contribution in [0.2, 0.25) is 10.0 Å². The van der Waals surface area contributed by atoms with Gasteiger partial charge in [0.25, 0.3) is 11.8 Å². The Balaban J connectivity index is 1.51. The lowest BCUT2D eigenvalue weighted by atomic mass is 10.1. The summed E-state index contributed by atoms with van der Waals surface area (Å²) in [5.41, 5.74) is 1.70. The van der Waals surface area contributed by atoms with Crippen LogP contribution in [0.5, 0.6) is 17.2 Å². The summed E-state index contributed by atoms with van der Waals surface area (Å²) in [5.74, 6) is -0.0784. The number of halogens is 2. The number of hydrogen-bond donors (Lipinski definition) is 1. The number of carbonyl (C=O) groups excluding carboxylic acids is 3. The van der Waals surface area contributed by atoms with Crippen LogP contribution in [0.15, 0.2) is 66.2 Å². The van der Waals surface area contributed by atoms with Gasteiger partial charge in [-0.15, -0.1) is 0 Å². The summed E-state index contributed by atoms with van der Waals surface area (Å²) in [7, 11) is 1.51. The quantitative estimate of drug-likeness (QED) is 0.237. The van der Waals surface area contributed by atoms with E-state index in [1.807, 2.05) is 25.1 Å². The number of imide groups is 2. The van der Waals surface area contributed by atoms with Gasteiger partial charge in [0.2, 0.25) is 0 Å². The predicted molar refractivity (Wildman–Crippen MR) is 148 cm³/mol. The SMILES string of the molecule is CCCOc1ccc(CN2C(=O)NC(=O)/C(=C\c3ccc(OCc4ccccc4Cl)c(Cl)c3)C2=O)cc1OC. The third kappa shape index (κ3) is 6.71. The number of amides is 4. The monoisotopic (exact) mass is 568 g/mol. The number of methoxy groups -OCH3 is 1. The highest BCUT2D eigenvalue weighted by Gasteiger charge is 2.35. The molecule has 0 aliphatic carbocycles. The van der Waals surface area contributed by atoms with Crippen molar-refractivity contribution in [2.24, 2.45) is 0 Å². The molecule has 3 aromatic rings. The highest BCUT2D eigenvalue weighted by atomic mass is 35.5. The third-order valence-corrected chi connectivity index (χ3v) is 6.49. The number of barbiturate groups is 1. The molecule has 0 unspecified atom stereocenters. The van der Waals surface area contributed by atoms with E-state index < -0.39 is 17.8 Å². The predicted octanol–water partition coefficient (Wildman–Crippen LogP) is 6.03. The Labute approximate surface area is 236 Å². The summed E-state index contributed by atoms with van der Waals surface area (Å²) < 4.78 is 16.8. The van der Waals surface area contributed by atoms with E-state index in [-0.39, 0.29) is 23.7 Å². The number of nitrogens with one attached hydrogen (secondary N) is 1. The van der Waals surface area contributed by atoms with Crippen LogP contribution >= 0.6 is 23.2 Å². The molecule has 1 fully saturated rings. The lowest BCUT2D eigenvalue weighted by Crippen LogP contribution is -2.53. The minimum atomic E-state index is -0.811. The Morgan fingerprint density at radius 1 is 0.897 bits per heavy atom. The van der Waals surface area contributed by atoms with Gasteiger partial charge in [0.05, 0.1) is 25.3 Å². The second kappa shape index (κ2) is 12.7. The molecule has 1 heterocycles. The first-order valence-electron chi connectivity index (χ1n) is 12.1. The van der Waals surface area contributed by atoms with E-state index in [0.717, 1.165) is 16.9 Å². The first kappa shape index (κ1) is 28.0. The van der Waals surface area contributed by atoms with E-state index in [0.29, 0.717) is 40.0 Å². The molecule has 8 nitrogen and oxygen atoms in total. The molecule has 0 aromatic heterocycles. The fourth-order valence-electron chi connectivity index (χ4n) is 3.82. The maximum absolute atomic E-state index is 13.2. The number of benzene rings is 3. The lowest BCUT2D eigenvalue weighted by Gasteiger charge is -2.26. The molecule has 1 saturated heterocycles. The lowest BCUT2D eigenvalue weighted by molar-refractivity contribution is -0.130. The van der Waals surface area contributed by atoms with Gasteiger partial charge in [0.1, 0.15) is 17.9 Å². The summed E-state index contributed by atoms with van der Waals surface area (Å²) in [4.78, 5) is 39.3. The molecular weight excluding hydrogens is 543 g/mol. The van der Waals surface area contributed by atoms with E-state index in [1.54, 1.807) is 42.5 Å². The summed E-state index contributed by atoms with van der Waals surface area (Å²) in [5, 5.41) is 3.08. The maximum Gasteiger partial charge on any atom is 0.331 e. The Bertz CT molecular complexity index is 1440. The smallest absolute Gasteiger partial charge is 0.331 e. The van der Waals surface area contributed by atoms with E-state index in [1.165, 1.54) is 13.2 Å². The minimum Gasteiger partial charge on any atom is -0.493 e. The molecule has 1 N–H and O–H groups in total. The first-order chi connectivity index (χ1) is 18.8. The minimum absolute atomic E-state index is 0.0741. The van der Waals surface area contributed by atoms with Crippen molar-refractivity contribution in [2.75, 3.05) is 13.7 Å². The van der Waals surface area contributed by atoms with E-state index in [9.17, 15) is 14.4 Å². The summed E-state index contributed by atoms with van der Waals surface area (Å²) in [6.07, 6.45) is 2.21. The van der Waals surface area contributed by atoms with Crippen molar-refractivity contribution >= 4 is 47.1 Å². The van der Waals surface area contributed by atoms with Crippen LogP contribution in [0, 0.1) is 0 Å². The zero-order valence-corrected chi connectivity index (χ0v) is 22.8. The second-order valence-corrected chi connectivity index (χ2v) is 9.43. The van der Waals surface area contributed by atoms with Crippen molar-refractivity contribution in [3.63, 3.8) is 0 Å². The van der Waals surface area contributed by atoms with Crippen molar-refractivity contribution in [2.45, 2.75) is 26.5 Å². The second-order valence-electron chi connectivity index (χ2n) is 8.61. The molecule has 0 saturated carbocycles. The highest BCUT2D eigenvalue weighted by molar-refractivity contribution is 6.33. The Kier molecular flexibility index (Phi) is 9.11. The van der Waals surface area contributed by atoms with Gasteiger partial charge in [0.15, 0.2) is 11.5 Å². The average Bonchev–Trinajstić information content (AvgIpc) is 2.92. The van der Waals surface area contributed by atoms with Gasteiger partial charge in [-0.1, -0.05) is 60.5 Å². The van der Waals surface area contributed by atoms with Gasteiger partial charge in [-0.2, -0.15) is 0 Å². The molecule has 202 valence electrons. The number of nitrogens with zero attached hydrogens (tertiary/aromatic N) is 1. The van der Waals surface area contributed by atoms with Crippen LogP contribution in [0.4, 0.5) is 4.79 Å². The van der Waals surface area contributed by atoms with Gasteiger partial charge in [-0.3, -0.25) is 19.8 Å². The molecule has 4 amide bonds. The maximum atomic E-state index is 13.2. The molecule has 0 spiro atoms. The zero-order chi connectivity index (χ0) is 27.9. The Morgan fingerprint density at radius 2 is 1.67 bits per heavy atom. The van der Waals surface area contributed by atoms with Crippen LogP contribution in [0.25, 0.3) is 6.08 Å². The number of rotatable bonds is 10. The summed E-state index contributed by atoms with van der Waals surface area (Å²) in [6.45, 7) is 2.66. The van der Waals surface area contributed by atoms with Crippen molar-refractivity contribution in [3.05, 3.63) is 93.0 Å². The summed E-state index contributed by atoms with van der Waals surface area (Å²) >= 11 is 12.6. The fraction of sp³-hybridized carbons (Fsp3) is 0.207. The molecule has 3 aromatic carbocycles. The van der Waals surface area contributed by atoms with Gasteiger partial charge >= 0.3 is 6.03 Å². The van der Waals surface area contributed by atoms with E-state index in [2.05, 4.69) is 5.32 Å². The molecule has 1 aliphatic rings. The first-order valence-corrected chi connectivity index (χ1v) is 12.9. The standard InChI is InChI=1S/C29H26Cl2N2O6/c1-3-12-38-25-11-9-19(15-26(25)37-2)16-33-28(35)21(27(34)32-29(33)36)13-18-8-10-24(23(31)14-18)39-17-20-6-4-5-7-22(20)30/h4-11,13-15H,3,12,16-17H2,1-2H3,(H,32,34,36)/b21-13+. The van der Waals surface area contributed by atoms with Crippen molar-refractivity contribution < 1.29 is 28.6 Å². The van der Waals surface area contributed by atoms with Crippen molar-refractivity contribution in [3.8, 4) is 17.2 Å². The molecule has 0 bridgehead atoms. The number of ether oxygens (including phenoxy) is 3. The fourth-order valence-corrected chi connectivity index (χ4v) is 4.26. The molecule has 10 heteroatoms. The molecule has 4 rings (SSSR count). The van der Waals surface area contributed by atoms with E-state index >= 15 is 0 Å². The van der Waals surface area contributed by atoms with Crippen molar-refractivity contribution in [1.29, 1.82) is 0 Å². The highest BCUT2D eigenvalue weighted by Crippen LogP contribution is 2.31. The van der Waals surface area contributed by atoms with Gasteiger partial charge in [0, 0.05) is 10.6 Å². The molecular formula is C29H26Cl2N2O6. The number of carbonyl (C=O) groups is 3. The Hall–Kier alpha value is -4.01. The average molecular weight is 569 g/mol. The van der Waals surface area contributed by atoms with Crippen LogP contribution < -0.4 is 19.5 Å². The molecule has 0 atom stereocenters. The normalized spacial score (nSPS) is 14.4. The molecule has 1 aliphatic heterocycles. The van der Waals surface area contributed by atoms with E-state index in [4.69, 9.17) is 37.4 Å². The van der Waals surface area contributed by atoms with Crippen LogP contribution in [0.3, 0.4) is 0 Å². The zero-order valence-electron chi connectivity index (χ0n) is 21.3. The van der Waals surface area contributed by atoms with Crippen LogP contribution in [0.1, 0.15) is 30.0 Å². The van der Waals surface area contributed by atoms with Gasteiger partial charge in [-0.25, -0.2) is 4.79 Å². The molecule has 0 radical (unpaired) electrons. The van der Waals surface area contributed by atoms with Gasteiger partial charge in [-0.05, 0) is 54.0 Å². The molecule has 39 heavy (non-hydrogen) atoms. The Morgan fingerprint density at radius 3 is 2.38 bits per heavy atom.